The molecular weight excluding hydrogens is 522 g/mol. The van der Waals surface area contributed by atoms with Crippen molar-refractivity contribution in [3.8, 4) is 22.6 Å². The standard InChI is InChI=1S/C28H28F2N6O2S/c1-4-39(37,38)13-12-36-11-9-21(35-36)23-15-31-16-24(32-23)28-10-8-18(27(28,2)3)17-14-22(33-34-26(17)28)25-19(29)6-5-7-20(25)30/h5-7,9,11,14-16,18H,4,8,10,12-13H2,1-3H3/t18-,28-/m0/s1. The summed E-state index contributed by atoms with van der Waals surface area (Å²) in [6.45, 7) is 6.24. The first kappa shape index (κ1) is 25.7. The lowest BCUT2D eigenvalue weighted by atomic mass is 9.66. The molecule has 4 aromatic rings. The van der Waals surface area contributed by atoms with Gasteiger partial charge in [0.15, 0.2) is 9.84 Å². The molecule has 1 fully saturated rings. The molecule has 0 spiro atoms. The van der Waals surface area contributed by atoms with Crippen LogP contribution in [0.5, 0.6) is 0 Å². The van der Waals surface area contributed by atoms with Crippen LogP contribution in [0.15, 0.2) is 48.9 Å². The molecule has 11 heteroatoms. The maximum absolute atomic E-state index is 14.5. The SMILES string of the molecule is CCS(=O)(=O)CCn1ccc(-c2cncc([C@@]34CC[C@@H](c5cc(-c6c(F)cccc6F)nnc53)C4(C)C)n2)n1. The zero-order valence-electron chi connectivity index (χ0n) is 21.9. The predicted octanol–water partition coefficient (Wildman–Crippen LogP) is 4.71. The Hall–Kier alpha value is -3.60. The highest BCUT2D eigenvalue weighted by atomic mass is 32.2. The van der Waals surface area contributed by atoms with Crippen LogP contribution in [0.25, 0.3) is 22.6 Å². The van der Waals surface area contributed by atoms with Crippen LogP contribution in [-0.2, 0) is 21.8 Å². The lowest BCUT2D eigenvalue weighted by Gasteiger charge is -2.37. The first-order chi connectivity index (χ1) is 18.6. The van der Waals surface area contributed by atoms with Crippen LogP contribution in [0.3, 0.4) is 0 Å². The Labute approximate surface area is 225 Å². The molecule has 0 aliphatic heterocycles. The molecule has 39 heavy (non-hydrogen) atoms. The fraction of sp³-hybridized carbons (Fsp3) is 0.393. The van der Waals surface area contributed by atoms with E-state index in [2.05, 4.69) is 34.1 Å². The Balaban J connectivity index is 1.39. The van der Waals surface area contributed by atoms with Crippen LogP contribution in [0.2, 0.25) is 0 Å². The van der Waals surface area contributed by atoms with Gasteiger partial charge in [-0.2, -0.15) is 10.2 Å². The summed E-state index contributed by atoms with van der Waals surface area (Å²) in [5.41, 5.74) is 2.75. The first-order valence-electron chi connectivity index (χ1n) is 13.0. The molecule has 2 aliphatic carbocycles. The van der Waals surface area contributed by atoms with E-state index in [1.165, 1.54) is 18.2 Å². The van der Waals surface area contributed by atoms with Crippen LogP contribution < -0.4 is 0 Å². The van der Waals surface area contributed by atoms with Gasteiger partial charge in [0.2, 0.25) is 0 Å². The highest BCUT2D eigenvalue weighted by Crippen LogP contribution is 2.69. The van der Waals surface area contributed by atoms with E-state index < -0.39 is 26.9 Å². The predicted molar refractivity (Wildman–Crippen MR) is 142 cm³/mol. The molecule has 0 N–H and O–H groups in total. The Morgan fingerprint density at radius 2 is 1.82 bits per heavy atom. The molecule has 2 atom stereocenters. The van der Waals surface area contributed by atoms with Crippen molar-refractivity contribution in [1.82, 2.24) is 29.9 Å². The summed E-state index contributed by atoms with van der Waals surface area (Å²) in [6, 6.07) is 7.34. The van der Waals surface area contributed by atoms with Crippen LogP contribution in [-0.4, -0.2) is 49.9 Å². The van der Waals surface area contributed by atoms with E-state index in [1.54, 1.807) is 42.3 Å². The van der Waals surface area contributed by atoms with Crippen molar-refractivity contribution in [3.05, 3.63) is 77.5 Å². The summed E-state index contributed by atoms with van der Waals surface area (Å²) in [7, 11) is -3.11. The molecule has 1 saturated carbocycles. The van der Waals surface area contributed by atoms with Crippen molar-refractivity contribution in [2.24, 2.45) is 5.41 Å². The van der Waals surface area contributed by atoms with Crippen molar-refractivity contribution in [3.63, 3.8) is 0 Å². The van der Waals surface area contributed by atoms with E-state index >= 15 is 0 Å². The minimum Gasteiger partial charge on any atom is -0.271 e. The molecule has 2 aliphatic rings. The monoisotopic (exact) mass is 550 g/mol. The highest BCUT2D eigenvalue weighted by Gasteiger charge is 2.65. The summed E-state index contributed by atoms with van der Waals surface area (Å²) < 4.78 is 54.5. The topological polar surface area (TPSA) is 104 Å². The second kappa shape index (κ2) is 8.97. The quantitative estimate of drug-likeness (QED) is 0.328. The van der Waals surface area contributed by atoms with E-state index in [9.17, 15) is 17.2 Å². The minimum atomic E-state index is -3.11. The van der Waals surface area contributed by atoms with Gasteiger partial charge in [-0.1, -0.05) is 26.8 Å². The van der Waals surface area contributed by atoms with Crippen LogP contribution >= 0.6 is 0 Å². The van der Waals surface area contributed by atoms with Crippen molar-refractivity contribution < 1.29 is 17.2 Å². The number of hydrogen-bond acceptors (Lipinski definition) is 7. The zero-order valence-corrected chi connectivity index (χ0v) is 22.7. The van der Waals surface area contributed by atoms with Gasteiger partial charge in [-0.05, 0) is 54.0 Å². The summed E-state index contributed by atoms with van der Waals surface area (Å²) >= 11 is 0. The third kappa shape index (κ3) is 3.89. The summed E-state index contributed by atoms with van der Waals surface area (Å²) in [5.74, 6) is -1.13. The van der Waals surface area contributed by atoms with E-state index in [-0.39, 0.29) is 40.6 Å². The number of nitrogens with zero attached hydrogens (tertiary/aromatic N) is 6. The molecule has 3 heterocycles. The lowest BCUT2D eigenvalue weighted by Crippen LogP contribution is -2.38. The number of aryl methyl sites for hydroxylation is 1. The van der Waals surface area contributed by atoms with Gasteiger partial charge in [0.1, 0.15) is 23.0 Å². The number of fused-ring (bicyclic) bond motifs is 5. The first-order valence-corrected chi connectivity index (χ1v) is 14.8. The maximum Gasteiger partial charge on any atom is 0.151 e. The fourth-order valence-electron chi connectivity index (χ4n) is 6.45. The fourth-order valence-corrected chi connectivity index (χ4v) is 7.21. The molecule has 3 aromatic heterocycles. The molecule has 0 unspecified atom stereocenters. The van der Waals surface area contributed by atoms with Crippen LogP contribution in [0.4, 0.5) is 8.78 Å². The molecular formula is C28H28F2N6O2S. The van der Waals surface area contributed by atoms with Gasteiger partial charge in [-0.15, -0.1) is 5.10 Å². The zero-order chi connectivity index (χ0) is 27.6. The van der Waals surface area contributed by atoms with Gasteiger partial charge < -0.3 is 0 Å². The largest absolute Gasteiger partial charge is 0.271 e. The van der Waals surface area contributed by atoms with Crippen molar-refractivity contribution in [2.45, 2.75) is 51.5 Å². The molecule has 2 bridgehead atoms. The number of halogens is 2. The van der Waals surface area contributed by atoms with Gasteiger partial charge in [0.25, 0.3) is 0 Å². The van der Waals surface area contributed by atoms with E-state index in [0.29, 0.717) is 11.4 Å². The molecule has 202 valence electrons. The normalized spacial score (nSPS) is 21.3. The average Bonchev–Trinajstić information content (AvgIpc) is 3.55. The van der Waals surface area contributed by atoms with Crippen LogP contribution in [0.1, 0.15) is 56.5 Å². The minimum absolute atomic E-state index is 0.0171. The number of benzene rings is 1. The second-order valence-electron chi connectivity index (χ2n) is 10.8. The van der Waals surface area contributed by atoms with Gasteiger partial charge in [-0.3, -0.25) is 9.67 Å². The smallest absolute Gasteiger partial charge is 0.151 e. The number of hydrogen-bond donors (Lipinski definition) is 0. The summed E-state index contributed by atoms with van der Waals surface area (Å²) in [6.07, 6.45) is 6.79. The number of sulfone groups is 1. The Morgan fingerprint density at radius 3 is 2.56 bits per heavy atom. The van der Waals surface area contributed by atoms with Gasteiger partial charge in [0.05, 0.1) is 46.6 Å². The summed E-state index contributed by atoms with van der Waals surface area (Å²) in [4.78, 5) is 9.49. The van der Waals surface area contributed by atoms with E-state index in [4.69, 9.17) is 4.98 Å². The molecule has 0 radical (unpaired) electrons. The summed E-state index contributed by atoms with van der Waals surface area (Å²) in [5, 5.41) is 13.4. The average molecular weight is 551 g/mol. The maximum atomic E-state index is 14.5. The van der Waals surface area contributed by atoms with Gasteiger partial charge in [0, 0.05) is 18.1 Å². The molecule has 0 amide bonds. The Bertz CT molecular complexity index is 1680. The van der Waals surface area contributed by atoms with Crippen molar-refractivity contribution in [2.75, 3.05) is 11.5 Å². The van der Waals surface area contributed by atoms with E-state index in [1.807, 2.05) is 0 Å². The second-order valence-corrected chi connectivity index (χ2v) is 13.3. The van der Waals surface area contributed by atoms with Crippen molar-refractivity contribution in [1.29, 1.82) is 0 Å². The van der Waals surface area contributed by atoms with Crippen LogP contribution in [0, 0.1) is 17.0 Å². The molecule has 8 nitrogen and oxygen atoms in total. The number of rotatable bonds is 7. The third-order valence-corrected chi connectivity index (χ3v) is 10.3. The molecule has 1 aromatic carbocycles. The Kier molecular flexibility index (Phi) is 5.90. The lowest BCUT2D eigenvalue weighted by molar-refractivity contribution is 0.242. The third-order valence-electron chi connectivity index (χ3n) is 8.65. The number of aromatic nitrogens is 6. The van der Waals surface area contributed by atoms with Gasteiger partial charge >= 0.3 is 0 Å². The van der Waals surface area contributed by atoms with Gasteiger partial charge in [-0.25, -0.2) is 22.2 Å². The highest BCUT2D eigenvalue weighted by molar-refractivity contribution is 7.91. The van der Waals surface area contributed by atoms with E-state index in [0.717, 1.165) is 29.8 Å². The molecule has 0 saturated heterocycles. The van der Waals surface area contributed by atoms with Crippen molar-refractivity contribution >= 4 is 9.84 Å². The Morgan fingerprint density at radius 1 is 1.05 bits per heavy atom. The molecule has 6 rings (SSSR count).